The Morgan fingerprint density at radius 2 is 1.90 bits per heavy atom. The van der Waals surface area contributed by atoms with Crippen LogP contribution in [0.4, 0.5) is 11.4 Å². The molecule has 1 aliphatic rings. The first kappa shape index (κ1) is 15.0. The van der Waals surface area contributed by atoms with E-state index < -0.39 is 5.41 Å². The Morgan fingerprint density at radius 1 is 1.30 bits per heavy atom. The Labute approximate surface area is 127 Å². The van der Waals surface area contributed by atoms with Crippen molar-refractivity contribution in [1.82, 2.24) is 0 Å². The van der Waals surface area contributed by atoms with Crippen molar-refractivity contribution in [2.75, 3.05) is 10.6 Å². The molecule has 2 rings (SSSR count). The minimum atomic E-state index is -0.559. The summed E-state index contributed by atoms with van der Waals surface area (Å²) in [5.74, 6) is -0.265. The Kier molecular flexibility index (Phi) is 3.91. The van der Waals surface area contributed by atoms with Crippen LogP contribution in [0.25, 0.3) is 0 Å². The number of carbonyl (C=O) groups is 2. The van der Waals surface area contributed by atoms with Crippen molar-refractivity contribution < 1.29 is 9.59 Å². The molecule has 0 unspecified atom stereocenters. The van der Waals surface area contributed by atoms with Gasteiger partial charge in [-0.05, 0) is 53.4 Å². The van der Waals surface area contributed by atoms with Gasteiger partial charge in [-0.1, -0.05) is 13.8 Å². The van der Waals surface area contributed by atoms with Gasteiger partial charge >= 0.3 is 0 Å². The third kappa shape index (κ3) is 2.14. The van der Waals surface area contributed by atoms with Gasteiger partial charge < -0.3 is 5.73 Å². The van der Waals surface area contributed by atoms with Crippen molar-refractivity contribution in [3.63, 3.8) is 0 Å². The van der Waals surface area contributed by atoms with Gasteiger partial charge in [-0.15, -0.1) is 0 Å². The Balaban J connectivity index is 2.51. The number of hydrogen-bond acceptors (Lipinski definition) is 3. The van der Waals surface area contributed by atoms with Gasteiger partial charge in [0.05, 0.1) is 11.1 Å². The number of nitrogen functional groups attached to an aromatic ring is 1. The number of nitrogens with two attached hydrogens (primary N) is 1. The van der Waals surface area contributed by atoms with E-state index in [4.69, 9.17) is 5.73 Å². The molecule has 1 aromatic rings. The van der Waals surface area contributed by atoms with Crippen LogP contribution in [0.1, 0.15) is 38.7 Å². The van der Waals surface area contributed by atoms with E-state index in [1.165, 1.54) is 4.90 Å². The summed E-state index contributed by atoms with van der Waals surface area (Å²) in [4.78, 5) is 26.3. The minimum Gasteiger partial charge on any atom is -0.398 e. The van der Waals surface area contributed by atoms with Gasteiger partial charge in [-0.3, -0.25) is 9.59 Å². The molecular weight excluding hydrogens is 320 g/mol. The van der Waals surface area contributed by atoms with Gasteiger partial charge in [0.15, 0.2) is 0 Å². The zero-order valence-corrected chi connectivity index (χ0v) is 13.6. The molecule has 1 aliphatic heterocycles. The van der Waals surface area contributed by atoms with Crippen molar-refractivity contribution >= 4 is 39.1 Å². The average Bonchev–Trinajstić information content (AvgIpc) is 2.66. The highest BCUT2D eigenvalue weighted by Gasteiger charge is 2.50. The number of carbonyl (C=O) groups excluding carboxylic acids is 2. The first-order valence-electron chi connectivity index (χ1n) is 6.79. The maximum atomic E-state index is 12.7. The van der Waals surface area contributed by atoms with Crippen LogP contribution in [-0.4, -0.2) is 11.8 Å². The lowest BCUT2D eigenvalue weighted by molar-refractivity contribution is -0.126. The van der Waals surface area contributed by atoms with Crippen molar-refractivity contribution in [1.29, 1.82) is 0 Å². The molecule has 0 aromatic heterocycles. The van der Waals surface area contributed by atoms with Gasteiger partial charge in [-0.2, -0.15) is 0 Å². The van der Waals surface area contributed by atoms with Crippen molar-refractivity contribution in [3.05, 3.63) is 22.2 Å². The minimum absolute atomic E-state index is 0.114. The van der Waals surface area contributed by atoms with Crippen LogP contribution in [0.5, 0.6) is 0 Å². The highest BCUT2D eigenvalue weighted by molar-refractivity contribution is 9.10. The Bertz CT molecular complexity index is 579. The quantitative estimate of drug-likeness (QED) is 0.678. The molecule has 5 heteroatoms. The molecule has 1 aromatic carbocycles. The van der Waals surface area contributed by atoms with Crippen LogP contribution in [0.2, 0.25) is 0 Å². The number of imide groups is 1. The second-order valence-electron chi connectivity index (χ2n) is 5.36. The summed E-state index contributed by atoms with van der Waals surface area (Å²) < 4.78 is 0.717. The molecule has 0 bridgehead atoms. The molecule has 0 atom stereocenters. The van der Waals surface area contributed by atoms with E-state index in [1.54, 1.807) is 6.07 Å². The topological polar surface area (TPSA) is 63.4 Å². The number of rotatable bonds is 3. The van der Waals surface area contributed by atoms with Crippen LogP contribution in [0, 0.1) is 12.3 Å². The number of halogens is 1. The van der Waals surface area contributed by atoms with Crippen molar-refractivity contribution in [3.8, 4) is 0 Å². The molecule has 1 fully saturated rings. The number of nitrogens with zero attached hydrogens (tertiary/aromatic N) is 1. The fraction of sp³-hybridized carbons (Fsp3) is 0.467. The molecule has 1 heterocycles. The largest absolute Gasteiger partial charge is 0.398 e. The number of hydrogen-bond donors (Lipinski definition) is 1. The molecule has 0 saturated carbocycles. The lowest BCUT2D eigenvalue weighted by Gasteiger charge is -2.24. The summed E-state index contributed by atoms with van der Waals surface area (Å²) in [6.07, 6.45) is 1.62. The van der Waals surface area contributed by atoms with E-state index in [0.29, 0.717) is 28.7 Å². The van der Waals surface area contributed by atoms with E-state index in [1.807, 2.05) is 26.8 Å². The highest BCUT2D eigenvalue weighted by atomic mass is 79.9. The molecule has 4 nitrogen and oxygen atoms in total. The van der Waals surface area contributed by atoms with E-state index in [0.717, 1.165) is 5.56 Å². The van der Waals surface area contributed by atoms with Gasteiger partial charge in [-0.25, -0.2) is 4.90 Å². The Hall–Kier alpha value is -1.36. The van der Waals surface area contributed by atoms with E-state index >= 15 is 0 Å². The molecule has 2 N–H and O–H groups in total. The first-order chi connectivity index (χ1) is 9.36. The molecule has 0 spiro atoms. The number of benzene rings is 1. The fourth-order valence-corrected chi connectivity index (χ4v) is 3.32. The number of anilines is 2. The van der Waals surface area contributed by atoms with E-state index in [2.05, 4.69) is 15.9 Å². The molecule has 20 heavy (non-hydrogen) atoms. The first-order valence-corrected chi connectivity index (χ1v) is 7.58. The van der Waals surface area contributed by atoms with Crippen LogP contribution < -0.4 is 10.6 Å². The van der Waals surface area contributed by atoms with Crippen LogP contribution in [0.3, 0.4) is 0 Å². The normalized spacial score (nSPS) is 17.9. The lowest BCUT2D eigenvalue weighted by atomic mass is 9.81. The second-order valence-corrected chi connectivity index (χ2v) is 6.21. The van der Waals surface area contributed by atoms with Gasteiger partial charge in [0.2, 0.25) is 11.8 Å². The predicted molar refractivity (Wildman–Crippen MR) is 83.4 cm³/mol. The molecular formula is C15H19BrN2O2. The van der Waals surface area contributed by atoms with Gasteiger partial charge in [0.25, 0.3) is 0 Å². The fourth-order valence-electron chi connectivity index (χ4n) is 2.69. The van der Waals surface area contributed by atoms with Crippen LogP contribution in [0.15, 0.2) is 16.6 Å². The highest BCUT2D eigenvalue weighted by Crippen LogP contribution is 2.43. The predicted octanol–water partition coefficient (Wildman–Crippen LogP) is 3.41. The zero-order valence-electron chi connectivity index (χ0n) is 12.0. The number of amides is 2. The Morgan fingerprint density at radius 3 is 2.40 bits per heavy atom. The third-order valence-corrected chi connectivity index (χ3v) is 4.96. The van der Waals surface area contributed by atoms with Crippen LogP contribution >= 0.6 is 15.9 Å². The standard InChI is InChI=1S/C15H19BrN2O2/c1-4-15(5-2)8-13(19)18(14(15)20)12-7-11(17)9(3)6-10(12)16/h6-7H,4-5,8,17H2,1-3H3. The molecule has 2 amide bonds. The summed E-state index contributed by atoms with van der Waals surface area (Å²) in [6, 6.07) is 3.53. The maximum absolute atomic E-state index is 12.7. The van der Waals surface area contributed by atoms with Gasteiger partial charge in [0, 0.05) is 16.6 Å². The summed E-state index contributed by atoms with van der Waals surface area (Å²) in [5.41, 5.74) is 7.39. The third-order valence-electron chi connectivity index (χ3n) is 4.33. The summed E-state index contributed by atoms with van der Waals surface area (Å²) in [5, 5.41) is 0. The summed E-state index contributed by atoms with van der Waals surface area (Å²) >= 11 is 3.43. The second kappa shape index (κ2) is 5.20. The van der Waals surface area contributed by atoms with Crippen LogP contribution in [-0.2, 0) is 9.59 Å². The molecule has 108 valence electrons. The average molecular weight is 339 g/mol. The summed E-state index contributed by atoms with van der Waals surface area (Å²) in [7, 11) is 0. The van der Waals surface area contributed by atoms with Gasteiger partial charge in [0.1, 0.15) is 0 Å². The molecule has 0 radical (unpaired) electrons. The SMILES string of the molecule is CCC1(CC)CC(=O)N(c2cc(N)c(C)cc2Br)C1=O. The smallest absolute Gasteiger partial charge is 0.240 e. The van der Waals surface area contributed by atoms with E-state index in [9.17, 15) is 9.59 Å². The lowest BCUT2D eigenvalue weighted by Crippen LogP contribution is -2.35. The van der Waals surface area contributed by atoms with E-state index in [-0.39, 0.29) is 18.2 Å². The maximum Gasteiger partial charge on any atom is 0.240 e. The summed E-state index contributed by atoms with van der Waals surface area (Å²) in [6.45, 7) is 5.80. The van der Waals surface area contributed by atoms with Crippen molar-refractivity contribution in [2.24, 2.45) is 5.41 Å². The van der Waals surface area contributed by atoms with Crippen molar-refractivity contribution in [2.45, 2.75) is 40.0 Å². The monoisotopic (exact) mass is 338 g/mol. The zero-order chi connectivity index (χ0) is 15.1. The molecule has 0 aliphatic carbocycles. The molecule has 1 saturated heterocycles. The number of aryl methyl sites for hydroxylation is 1.